The van der Waals surface area contributed by atoms with Crippen LogP contribution in [-0.2, 0) is 17.6 Å². The summed E-state index contributed by atoms with van der Waals surface area (Å²) in [6, 6.07) is 6.37. The molecule has 2 N–H and O–H groups in total. The van der Waals surface area contributed by atoms with Gasteiger partial charge in [-0.25, -0.2) is 0 Å². The highest BCUT2D eigenvalue weighted by atomic mass is 35.5. The molecule has 0 bridgehead atoms. The average molecular weight is 280 g/mol. The minimum atomic E-state index is -0.00926. The molecule has 1 unspecified atom stereocenters. The molecule has 0 saturated carbocycles. The fourth-order valence-electron chi connectivity index (χ4n) is 2.94. The van der Waals surface area contributed by atoms with Crippen molar-refractivity contribution in [1.29, 1.82) is 0 Å². The van der Waals surface area contributed by atoms with E-state index in [0.717, 1.165) is 25.1 Å². The second kappa shape index (κ2) is 5.53. The zero-order valence-electron chi connectivity index (χ0n) is 10.8. The number of halogens is 1. The van der Waals surface area contributed by atoms with Gasteiger partial charge in [-0.05, 0) is 24.0 Å². The number of H-pyrrole nitrogens is 1. The lowest BCUT2D eigenvalue weighted by molar-refractivity contribution is 0.0232. The van der Waals surface area contributed by atoms with Gasteiger partial charge >= 0.3 is 0 Å². The molecule has 1 aliphatic heterocycles. The third-order valence-corrected chi connectivity index (χ3v) is 4.00. The van der Waals surface area contributed by atoms with Crippen LogP contribution in [0.3, 0.4) is 0 Å². The number of hydrogen-bond acceptors (Lipinski definition) is 2. The number of fused-ring (bicyclic) bond motifs is 3. The molecule has 0 saturated heterocycles. The molecule has 0 amide bonds. The smallest absolute Gasteiger partial charge is 0.0997 e. The molecule has 1 aromatic carbocycles. The first-order chi connectivity index (χ1) is 9.35. The fraction of sp³-hybridized carbons (Fsp3) is 0.467. The van der Waals surface area contributed by atoms with Crippen molar-refractivity contribution >= 4 is 22.5 Å². The Hall–Kier alpha value is -1.03. The zero-order valence-corrected chi connectivity index (χ0v) is 11.5. The molecule has 3 rings (SSSR count). The number of rotatable bonds is 4. The van der Waals surface area contributed by atoms with E-state index in [9.17, 15) is 0 Å². The molecule has 0 fully saturated rings. The highest BCUT2D eigenvalue weighted by Gasteiger charge is 2.25. The van der Waals surface area contributed by atoms with Gasteiger partial charge in [-0.2, -0.15) is 0 Å². The zero-order chi connectivity index (χ0) is 13.2. The molecule has 1 aliphatic rings. The van der Waals surface area contributed by atoms with E-state index in [4.69, 9.17) is 21.4 Å². The maximum atomic E-state index is 9.15. The van der Waals surface area contributed by atoms with E-state index in [0.29, 0.717) is 12.3 Å². The number of aliphatic hydroxyl groups is 1. The Morgan fingerprint density at radius 2 is 2.32 bits per heavy atom. The van der Waals surface area contributed by atoms with Gasteiger partial charge < -0.3 is 14.8 Å². The molecule has 2 aromatic rings. The predicted molar refractivity (Wildman–Crippen MR) is 76.8 cm³/mol. The van der Waals surface area contributed by atoms with Crippen molar-refractivity contribution in [1.82, 2.24) is 4.98 Å². The number of benzene rings is 1. The van der Waals surface area contributed by atoms with Gasteiger partial charge in [0.2, 0.25) is 0 Å². The van der Waals surface area contributed by atoms with Crippen LogP contribution in [0.1, 0.15) is 29.3 Å². The largest absolute Gasteiger partial charge is 0.396 e. The Kier molecular flexibility index (Phi) is 3.78. The van der Waals surface area contributed by atoms with E-state index in [1.807, 2.05) is 0 Å². The summed E-state index contributed by atoms with van der Waals surface area (Å²) >= 11 is 5.87. The molecule has 4 heteroatoms. The maximum absolute atomic E-state index is 9.15. The first-order valence-corrected chi connectivity index (χ1v) is 7.29. The quantitative estimate of drug-likeness (QED) is 0.845. The molecule has 19 heavy (non-hydrogen) atoms. The number of aliphatic hydroxyl groups excluding tert-OH is 1. The van der Waals surface area contributed by atoms with Crippen molar-refractivity contribution in [2.24, 2.45) is 0 Å². The lowest BCUT2D eigenvalue weighted by atomic mass is 10.00. The van der Waals surface area contributed by atoms with Gasteiger partial charge in [0.05, 0.1) is 12.7 Å². The van der Waals surface area contributed by atoms with E-state index in [2.05, 4.69) is 23.2 Å². The highest BCUT2D eigenvalue weighted by molar-refractivity contribution is 6.18. The SMILES string of the molecule is OCCC1OCCc2c1[nH]c1c(CCCl)cccc21. The van der Waals surface area contributed by atoms with E-state index in [1.54, 1.807) is 0 Å². The van der Waals surface area contributed by atoms with Crippen molar-refractivity contribution in [3.05, 3.63) is 35.0 Å². The average Bonchev–Trinajstić information content (AvgIpc) is 2.81. The maximum Gasteiger partial charge on any atom is 0.0997 e. The summed E-state index contributed by atoms with van der Waals surface area (Å²) in [5, 5.41) is 10.4. The summed E-state index contributed by atoms with van der Waals surface area (Å²) in [6.45, 7) is 0.873. The molecule has 1 aromatic heterocycles. The monoisotopic (exact) mass is 279 g/mol. The number of aromatic nitrogens is 1. The van der Waals surface area contributed by atoms with Crippen molar-refractivity contribution in [2.75, 3.05) is 19.1 Å². The van der Waals surface area contributed by atoms with E-state index in [-0.39, 0.29) is 12.7 Å². The van der Waals surface area contributed by atoms with Gasteiger partial charge in [0.15, 0.2) is 0 Å². The van der Waals surface area contributed by atoms with Crippen molar-refractivity contribution in [2.45, 2.75) is 25.4 Å². The Labute approximate surface area is 117 Å². The molecular weight excluding hydrogens is 262 g/mol. The molecule has 1 atom stereocenters. The summed E-state index contributed by atoms with van der Waals surface area (Å²) in [5.41, 5.74) is 4.92. The number of para-hydroxylation sites is 1. The van der Waals surface area contributed by atoms with E-state index in [1.165, 1.54) is 22.0 Å². The third-order valence-electron chi connectivity index (χ3n) is 3.81. The van der Waals surface area contributed by atoms with Crippen molar-refractivity contribution < 1.29 is 9.84 Å². The Morgan fingerprint density at radius 1 is 1.42 bits per heavy atom. The van der Waals surface area contributed by atoms with Gasteiger partial charge in [0.25, 0.3) is 0 Å². The Bertz CT molecular complexity index is 579. The summed E-state index contributed by atoms with van der Waals surface area (Å²) in [6.07, 6.45) is 2.43. The molecule has 102 valence electrons. The molecule has 0 aliphatic carbocycles. The summed E-state index contributed by atoms with van der Waals surface area (Å²) in [5.74, 6) is 0.624. The second-order valence-electron chi connectivity index (χ2n) is 4.92. The number of ether oxygens (including phenoxy) is 1. The Balaban J connectivity index is 2.12. The van der Waals surface area contributed by atoms with Crippen molar-refractivity contribution in [3.63, 3.8) is 0 Å². The van der Waals surface area contributed by atoms with Crippen LogP contribution in [-0.4, -0.2) is 29.2 Å². The molecular formula is C15H18ClNO2. The van der Waals surface area contributed by atoms with E-state index >= 15 is 0 Å². The number of hydrogen-bond donors (Lipinski definition) is 2. The molecule has 0 radical (unpaired) electrons. The minimum absolute atomic E-state index is 0.00926. The van der Waals surface area contributed by atoms with E-state index < -0.39 is 0 Å². The third kappa shape index (κ3) is 2.27. The molecule has 0 spiro atoms. The summed E-state index contributed by atoms with van der Waals surface area (Å²) in [7, 11) is 0. The Morgan fingerprint density at radius 3 is 3.11 bits per heavy atom. The standard InChI is InChI=1S/C15H18ClNO2/c16-7-4-10-2-1-3-11-12-6-9-19-13(5-8-18)15(12)17-14(10)11/h1-3,13,17-18H,4-9H2. The van der Waals surface area contributed by atoms with Crippen LogP contribution in [0.5, 0.6) is 0 Å². The van der Waals surface area contributed by atoms with Crippen LogP contribution in [0.4, 0.5) is 0 Å². The topological polar surface area (TPSA) is 45.2 Å². The van der Waals surface area contributed by atoms with Gasteiger partial charge in [-0.1, -0.05) is 18.2 Å². The van der Waals surface area contributed by atoms with Gasteiger partial charge in [-0.15, -0.1) is 11.6 Å². The number of aromatic amines is 1. The van der Waals surface area contributed by atoms with Crippen LogP contribution in [0.2, 0.25) is 0 Å². The number of alkyl halides is 1. The van der Waals surface area contributed by atoms with Gasteiger partial charge in [0.1, 0.15) is 0 Å². The molecule has 3 nitrogen and oxygen atoms in total. The van der Waals surface area contributed by atoms with Crippen LogP contribution in [0, 0.1) is 0 Å². The van der Waals surface area contributed by atoms with Crippen LogP contribution >= 0.6 is 11.6 Å². The van der Waals surface area contributed by atoms with Gasteiger partial charge in [0, 0.05) is 35.5 Å². The lowest BCUT2D eigenvalue weighted by Crippen LogP contribution is -2.16. The lowest BCUT2D eigenvalue weighted by Gasteiger charge is -2.22. The number of nitrogens with one attached hydrogen (secondary N) is 1. The normalized spacial score (nSPS) is 18.7. The highest BCUT2D eigenvalue weighted by Crippen LogP contribution is 2.35. The summed E-state index contributed by atoms with van der Waals surface area (Å²) in [4.78, 5) is 3.51. The van der Waals surface area contributed by atoms with Crippen LogP contribution in [0.15, 0.2) is 18.2 Å². The van der Waals surface area contributed by atoms with Crippen molar-refractivity contribution in [3.8, 4) is 0 Å². The van der Waals surface area contributed by atoms with Gasteiger partial charge in [-0.3, -0.25) is 0 Å². The number of aryl methyl sites for hydroxylation is 1. The van der Waals surface area contributed by atoms with Crippen LogP contribution < -0.4 is 0 Å². The first kappa shape index (κ1) is 13.0. The first-order valence-electron chi connectivity index (χ1n) is 6.76. The summed E-state index contributed by atoms with van der Waals surface area (Å²) < 4.78 is 5.76. The van der Waals surface area contributed by atoms with Crippen LogP contribution in [0.25, 0.3) is 10.9 Å². The predicted octanol–water partition coefficient (Wildman–Crippen LogP) is 2.95. The fourth-order valence-corrected chi connectivity index (χ4v) is 3.14. The minimum Gasteiger partial charge on any atom is -0.396 e. The second-order valence-corrected chi connectivity index (χ2v) is 5.30. The molecule has 2 heterocycles.